The van der Waals surface area contributed by atoms with Crippen LogP contribution in [0.2, 0.25) is 0 Å². The lowest BCUT2D eigenvalue weighted by molar-refractivity contribution is 0.0593. The summed E-state index contributed by atoms with van der Waals surface area (Å²) in [7, 11) is 1.34. The Morgan fingerprint density at radius 1 is 1.05 bits per heavy atom. The lowest BCUT2D eigenvalue weighted by Gasteiger charge is -2.36. The second kappa shape index (κ2) is 6.43. The van der Waals surface area contributed by atoms with E-state index < -0.39 is 5.97 Å². The molecule has 0 saturated carbocycles. The van der Waals surface area contributed by atoms with Crippen LogP contribution in [0.15, 0.2) is 42.7 Å². The standard InChI is InChI=1S/C16H18N4O2/c1-22-16(21)14-11-17-12-15(18-14)20-9-7-19(8-10-20)13-5-3-2-4-6-13/h2-6,11-12H,7-10H2,1H3. The summed E-state index contributed by atoms with van der Waals surface area (Å²) in [6.07, 6.45) is 3.11. The first-order valence-electron chi connectivity index (χ1n) is 7.23. The molecule has 1 aromatic heterocycles. The number of hydrogen-bond donors (Lipinski definition) is 0. The first-order valence-corrected chi connectivity index (χ1v) is 7.23. The van der Waals surface area contributed by atoms with Crippen LogP contribution in [0, 0.1) is 0 Å². The summed E-state index contributed by atoms with van der Waals surface area (Å²) in [6.45, 7) is 3.50. The van der Waals surface area contributed by atoms with E-state index in [1.807, 2.05) is 18.2 Å². The van der Waals surface area contributed by atoms with E-state index in [2.05, 4.69) is 36.6 Å². The quantitative estimate of drug-likeness (QED) is 0.802. The van der Waals surface area contributed by atoms with E-state index in [0.717, 1.165) is 32.0 Å². The molecular weight excluding hydrogens is 280 g/mol. The molecule has 1 aliphatic rings. The van der Waals surface area contributed by atoms with Crippen molar-refractivity contribution in [2.75, 3.05) is 43.1 Å². The molecule has 0 aliphatic carbocycles. The third-order valence-corrected chi connectivity index (χ3v) is 3.74. The Hall–Kier alpha value is -2.63. The number of benzene rings is 1. The fourth-order valence-corrected chi connectivity index (χ4v) is 2.54. The van der Waals surface area contributed by atoms with Gasteiger partial charge in [0, 0.05) is 31.9 Å². The molecular formula is C16H18N4O2. The van der Waals surface area contributed by atoms with Gasteiger partial charge in [-0.3, -0.25) is 4.98 Å². The second-order valence-electron chi connectivity index (χ2n) is 5.06. The number of carbonyl (C=O) groups is 1. The maximum absolute atomic E-state index is 11.5. The van der Waals surface area contributed by atoms with Gasteiger partial charge in [-0.1, -0.05) is 18.2 Å². The van der Waals surface area contributed by atoms with Gasteiger partial charge in [0.25, 0.3) is 0 Å². The number of para-hydroxylation sites is 1. The molecule has 0 radical (unpaired) electrons. The van der Waals surface area contributed by atoms with Gasteiger partial charge in [-0.15, -0.1) is 0 Å². The Morgan fingerprint density at radius 3 is 2.41 bits per heavy atom. The monoisotopic (exact) mass is 298 g/mol. The van der Waals surface area contributed by atoms with Crippen molar-refractivity contribution in [2.45, 2.75) is 0 Å². The number of esters is 1. The topological polar surface area (TPSA) is 58.6 Å². The van der Waals surface area contributed by atoms with Crippen molar-refractivity contribution in [3.63, 3.8) is 0 Å². The number of piperazine rings is 1. The molecule has 6 nitrogen and oxygen atoms in total. The fourth-order valence-electron chi connectivity index (χ4n) is 2.54. The van der Waals surface area contributed by atoms with E-state index in [0.29, 0.717) is 0 Å². The van der Waals surface area contributed by atoms with Crippen LogP contribution < -0.4 is 9.80 Å². The highest BCUT2D eigenvalue weighted by molar-refractivity contribution is 5.87. The third-order valence-electron chi connectivity index (χ3n) is 3.74. The molecule has 3 rings (SSSR count). The predicted molar refractivity (Wildman–Crippen MR) is 84.2 cm³/mol. The van der Waals surface area contributed by atoms with Crippen molar-refractivity contribution in [3.05, 3.63) is 48.4 Å². The van der Waals surface area contributed by atoms with Gasteiger partial charge in [0.1, 0.15) is 5.82 Å². The number of rotatable bonds is 3. The van der Waals surface area contributed by atoms with Gasteiger partial charge >= 0.3 is 5.97 Å². The molecule has 0 atom stereocenters. The molecule has 2 heterocycles. The number of aromatic nitrogens is 2. The highest BCUT2D eigenvalue weighted by Gasteiger charge is 2.19. The zero-order valence-corrected chi connectivity index (χ0v) is 12.5. The first-order chi connectivity index (χ1) is 10.8. The zero-order valence-electron chi connectivity index (χ0n) is 12.5. The zero-order chi connectivity index (χ0) is 15.4. The summed E-state index contributed by atoms with van der Waals surface area (Å²) in [5.41, 5.74) is 1.47. The lowest BCUT2D eigenvalue weighted by Crippen LogP contribution is -2.47. The number of hydrogen-bond acceptors (Lipinski definition) is 6. The molecule has 1 aliphatic heterocycles. The van der Waals surface area contributed by atoms with Crippen molar-refractivity contribution >= 4 is 17.5 Å². The lowest BCUT2D eigenvalue weighted by atomic mass is 10.2. The summed E-state index contributed by atoms with van der Waals surface area (Å²) >= 11 is 0. The minimum absolute atomic E-state index is 0.241. The summed E-state index contributed by atoms with van der Waals surface area (Å²) in [4.78, 5) is 24.4. The minimum atomic E-state index is -0.461. The average molecular weight is 298 g/mol. The highest BCUT2D eigenvalue weighted by Crippen LogP contribution is 2.18. The van der Waals surface area contributed by atoms with Crippen LogP contribution in [0.5, 0.6) is 0 Å². The summed E-state index contributed by atoms with van der Waals surface area (Å²) in [6, 6.07) is 10.4. The van der Waals surface area contributed by atoms with E-state index >= 15 is 0 Å². The highest BCUT2D eigenvalue weighted by atomic mass is 16.5. The smallest absolute Gasteiger partial charge is 0.358 e. The molecule has 6 heteroatoms. The molecule has 0 spiro atoms. The fraction of sp³-hybridized carbons (Fsp3) is 0.312. The molecule has 114 valence electrons. The van der Waals surface area contributed by atoms with Crippen LogP contribution in [0.3, 0.4) is 0 Å². The van der Waals surface area contributed by atoms with Crippen molar-refractivity contribution in [2.24, 2.45) is 0 Å². The molecule has 22 heavy (non-hydrogen) atoms. The Labute approximate surface area is 129 Å². The van der Waals surface area contributed by atoms with Gasteiger partial charge in [0.05, 0.1) is 19.5 Å². The van der Waals surface area contributed by atoms with Gasteiger partial charge in [0.15, 0.2) is 5.69 Å². The maximum Gasteiger partial charge on any atom is 0.358 e. The van der Waals surface area contributed by atoms with Crippen LogP contribution in [0.25, 0.3) is 0 Å². The van der Waals surface area contributed by atoms with Crippen molar-refractivity contribution in [1.82, 2.24) is 9.97 Å². The van der Waals surface area contributed by atoms with Gasteiger partial charge in [-0.2, -0.15) is 0 Å². The third kappa shape index (κ3) is 3.00. The van der Waals surface area contributed by atoms with E-state index in [1.54, 1.807) is 6.20 Å². The van der Waals surface area contributed by atoms with E-state index in [4.69, 9.17) is 0 Å². The summed E-state index contributed by atoms with van der Waals surface area (Å²) in [5.74, 6) is 0.257. The van der Waals surface area contributed by atoms with Gasteiger partial charge in [-0.05, 0) is 12.1 Å². The molecule has 0 unspecified atom stereocenters. The molecule has 1 aromatic carbocycles. The Balaban J connectivity index is 1.68. The predicted octanol–water partition coefficient (Wildman–Crippen LogP) is 1.59. The normalized spacial score (nSPS) is 14.8. The van der Waals surface area contributed by atoms with Crippen LogP contribution in [0.4, 0.5) is 11.5 Å². The van der Waals surface area contributed by atoms with Gasteiger partial charge < -0.3 is 14.5 Å². The van der Waals surface area contributed by atoms with Gasteiger partial charge in [0.2, 0.25) is 0 Å². The second-order valence-corrected chi connectivity index (χ2v) is 5.06. The van der Waals surface area contributed by atoms with E-state index in [1.165, 1.54) is 19.0 Å². The average Bonchev–Trinajstić information content (AvgIpc) is 2.62. The minimum Gasteiger partial charge on any atom is -0.464 e. The molecule has 2 aromatic rings. The molecule has 0 bridgehead atoms. The largest absolute Gasteiger partial charge is 0.464 e. The number of nitrogens with zero attached hydrogens (tertiary/aromatic N) is 4. The van der Waals surface area contributed by atoms with Crippen molar-refractivity contribution in [1.29, 1.82) is 0 Å². The molecule has 1 fully saturated rings. The number of carbonyl (C=O) groups excluding carboxylic acids is 1. The Kier molecular flexibility index (Phi) is 4.18. The van der Waals surface area contributed by atoms with Crippen LogP contribution in [-0.2, 0) is 4.74 Å². The van der Waals surface area contributed by atoms with E-state index in [-0.39, 0.29) is 5.69 Å². The maximum atomic E-state index is 11.5. The Morgan fingerprint density at radius 2 is 1.73 bits per heavy atom. The van der Waals surface area contributed by atoms with E-state index in [9.17, 15) is 4.79 Å². The van der Waals surface area contributed by atoms with Crippen LogP contribution in [0.1, 0.15) is 10.5 Å². The molecule has 0 N–H and O–H groups in total. The number of anilines is 2. The SMILES string of the molecule is COC(=O)c1cncc(N2CCN(c3ccccc3)CC2)n1. The summed E-state index contributed by atoms with van der Waals surface area (Å²) < 4.78 is 4.69. The van der Waals surface area contributed by atoms with Crippen molar-refractivity contribution < 1.29 is 9.53 Å². The first kappa shape index (κ1) is 14.3. The number of ether oxygens (including phenoxy) is 1. The Bertz CT molecular complexity index is 640. The van der Waals surface area contributed by atoms with Gasteiger partial charge in [-0.25, -0.2) is 9.78 Å². The summed E-state index contributed by atoms with van der Waals surface area (Å²) in [5, 5.41) is 0. The van der Waals surface area contributed by atoms with Crippen molar-refractivity contribution in [3.8, 4) is 0 Å². The number of methoxy groups -OCH3 is 1. The van der Waals surface area contributed by atoms with Crippen LogP contribution >= 0.6 is 0 Å². The molecule has 0 amide bonds. The molecule has 1 saturated heterocycles. The van der Waals surface area contributed by atoms with Crippen LogP contribution in [-0.4, -0.2) is 49.2 Å².